The molecule has 20 heteroatoms. The highest BCUT2D eigenvalue weighted by molar-refractivity contribution is 7.92. The Hall–Kier alpha value is -4.59. The van der Waals surface area contributed by atoms with E-state index < -0.39 is 125 Å². The van der Waals surface area contributed by atoms with Gasteiger partial charge < -0.3 is 29.7 Å². The summed E-state index contributed by atoms with van der Waals surface area (Å²) in [4.78, 5) is 63.5. The molecule has 0 bridgehead atoms. The lowest BCUT2D eigenvalue weighted by atomic mass is 9.83. The summed E-state index contributed by atoms with van der Waals surface area (Å²) < 4.78 is 105. The molecule has 1 aromatic heterocycles. The van der Waals surface area contributed by atoms with Gasteiger partial charge in [0.05, 0.1) is 52.6 Å². The molecule has 7 rings (SSSR count). The number of sulfonamides is 1. The molecule has 4 amide bonds. The van der Waals surface area contributed by atoms with Gasteiger partial charge in [-0.2, -0.15) is 0 Å². The maximum Gasteiger partial charge on any atom is 0.408 e. The van der Waals surface area contributed by atoms with E-state index in [9.17, 15) is 31.2 Å². The molecule has 2 aromatic rings. The van der Waals surface area contributed by atoms with Crippen LogP contribution in [-0.4, -0.2) is 109 Å². The topological polar surface area (TPSA) is 216 Å². The molecule has 364 valence electrons. The quantitative estimate of drug-likeness (QED) is 0.219. The number of rotatable bonds is 11. The van der Waals surface area contributed by atoms with Crippen LogP contribution in [0.1, 0.15) is 136 Å². The number of carbonyl (C=O) groups is 4. The van der Waals surface area contributed by atoms with Crippen LogP contribution in [0.25, 0.3) is 10.9 Å². The van der Waals surface area contributed by atoms with Crippen molar-refractivity contribution >= 4 is 54.6 Å². The zero-order valence-electron chi connectivity index (χ0n) is 38.9. The number of amides is 4. The molecule has 2 aliphatic carbocycles. The summed E-state index contributed by atoms with van der Waals surface area (Å²) >= 11 is 0. The van der Waals surface area contributed by atoms with E-state index in [2.05, 4.69) is 15.4 Å². The van der Waals surface area contributed by atoms with Gasteiger partial charge in [-0.05, 0) is 97.3 Å². The predicted molar refractivity (Wildman–Crippen MR) is 241 cm³/mol. The first-order valence-electron chi connectivity index (χ1n) is 22.8. The second-order valence-corrected chi connectivity index (χ2v) is 25.2. The fourth-order valence-electron chi connectivity index (χ4n) is 9.26. The zero-order valence-corrected chi connectivity index (χ0v) is 40.6. The number of nitrogens with one attached hydrogen (secondary N) is 3. The van der Waals surface area contributed by atoms with E-state index in [-0.39, 0.29) is 41.8 Å². The van der Waals surface area contributed by atoms with E-state index in [4.69, 9.17) is 19.2 Å². The number of sulfone groups is 1. The fourth-order valence-corrected chi connectivity index (χ4v) is 11.8. The van der Waals surface area contributed by atoms with Crippen molar-refractivity contribution in [1.82, 2.24) is 25.2 Å². The first-order valence-corrected chi connectivity index (χ1v) is 26.0. The van der Waals surface area contributed by atoms with Crippen molar-refractivity contribution in [3.05, 3.63) is 41.6 Å². The van der Waals surface area contributed by atoms with Crippen molar-refractivity contribution in [2.24, 2.45) is 5.92 Å². The Balaban J connectivity index is 1.26. The number of benzene rings is 1. The van der Waals surface area contributed by atoms with Gasteiger partial charge in [-0.3, -0.25) is 19.1 Å². The van der Waals surface area contributed by atoms with Gasteiger partial charge in [-0.15, -0.1) is 0 Å². The zero-order chi connectivity index (χ0) is 48.4. The van der Waals surface area contributed by atoms with Crippen LogP contribution in [0, 0.1) is 5.92 Å². The third-order valence-electron chi connectivity index (χ3n) is 13.9. The van der Waals surface area contributed by atoms with Crippen LogP contribution in [-0.2, 0) is 44.9 Å². The lowest BCUT2D eigenvalue weighted by Gasteiger charge is -2.41. The molecule has 1 aromatic carbocycles. The third-order valence-corrected chi connectivity index (χ3v) is 18.3. The molecular formula is C46H63F2N5O11S2. The lowest BCUT2D eigenvalue weighted by molar-refractivity contribution is -0.141. The van der Waals surface area contributed by atoms with Gasteiger partial charge in [0.1, 0.15) is 34.6 Å². The SMILES string of the molecule is COc1ccc2nc(C(C)C)c3c(c2c1)C(F)(F)C[C@]1(C[C@H]2C(=O)N[C@]4(C(=O)NS(=O)(=O)C5(C)CC5)C[C@H]4/C=C\CCCCC[C@H](NC(=O)OC(C)(C)CCS(=O)(=O)C(C)C)C(=O)N2C1)O3. The first kappa shape index (κ1) is 49.3. The van der Waals surface area contributed by atoms with Crippen molar-refractivity contribution in [2.45, 2.75) is 170 Å². The summed E-state index contributed by atoms with van der Waals surface area (Å²) in [6.07, 6.45) is 4.18. The van der Waals surface area contributed by atoms with Gasteiger partial charge in [-0.1, -0.05) is 38.8 Å². The Kier molecular flexibility index (Phi) is 13.1. The number of carbonyl (C=O) groups excluding carboxylic acids is 4. The van der Waals surface area contributed by atoms with Crippen LogP contribution in [0.3, 0.4) is 0 Å². The summed E-state index contributed by atoms with van der Waals surface area (Å²) in [5.41, 5.74) is -4.78. The Morgan fingerprint density at radius 2 is 1.77 bits per heavy atom. The number of pyridine rings is 1. The van der Waals surface area contributed by atoms with E-state index in [1.165, 1.54) is 20.1 Å². The summed E-state index contributed by atoms with van der Waals surface area (Å²) in [5.74, 6) is -7.37. The van der Waals surface area contributed by atoms with Gasteiger partial charge in [-0.25, -0.2) is 35.4 Å². The average Bonchev–Trinajstić information content (AvgIpc) is 4.12. The number of alkyl halides is 2. The number of alkyl carbamates (subject to hydrolysis) is 1. The molecule has 66 heavy (non-hydrogen) atoms. The Labute approximate surface area is 385 Å². The monoisotopic (exact) mass is 963 g/mol. The molecule has 0 unspecified atom stereocenters. The standard InChI is InChI=1S/C46H63F2N5O11S2/c1-27(2)36-37-35(31-22-30(62-8)16-17-32(31)49-36)46(47,48)25-44(63-37)24-34-38(54)51-45(40(56)52-66(60,61)43(7)18-19-43)23-29(45)14-12-10-9-11-13-15-33(39(55)53(34)26-44)50-41(57)64-42(5,6)20-21-65(58,59)28(3)4/h12,14,16-17,22,27-29,33-34H,9-11,13,15,18-21,23-26H2,1-8H3,(H,50,57)(H,51,54)(H,52,56)/b14-12-/t29-,33+,34+,44+,45-/m1/s1. The Morgan fingerprint density at radius 1 is 1.06 bits per heavy atom. The van der Waals surface area contributed by atoms with Crippen LogP contribution in [0.4, 0.5) is 13.6 Å². The van der Waals surface area contributed by atoms with E-state index in [1.54, 1.807) is 59.8 Å². The van der Waals surface area contributed by atoms with Crippen molar-refractivity contribution in [3.8, 4) is 11.5 Å². The third kappa shape index (κ3) is 9.72. The molecule has 3 aliphatic heterocycles. The van der Waals surface area contributed by atoms with E-state index >= 15 is 13.6 Å². The van der Waals surface area contributed by atoms with Gasteiger partial charge in [0, 0.05) is 24.1 Å². The molecule has 3 fully saturated rings. The molecule has 0 radical (unpaired) electrons. The van der Waals surface area contributed by atoms with E-state index in [1.807, 2.05) is 6.08 Å². The van der Waals surface area contributed by atoms with Crippen LogP contribution >= 0.6 is 0 Å². The molecule has 4 heterocycles. The van der Waals surface area contributed by atoms with E-state index in [0.717, 1.165) is 4.90 Å². The van der Waals surface area contributed by atoms with Crippen LogP contribution in [0.5, 0.6) is 11.5 Å². The van der Waals surface area contributed by atoms with Gasteiger partial charge in [0.15, 0.2) is 15.6 Å². The molecule has 1 saturated heterocycles. The summed E-state index contributed by atoms with van der Waals surface area (Å²) in [6, 6.07) is 1.79. The van der Waals surface area contributed by atoms with Crippen molar-refractivity contribution in [1.29, 1.82) is 0 Å². The molecule has 16 nitrogen and oxygen atoms in total. The minimum atomic E-state index is -4.14. The normalized spacial score (nSPS) is 27.9. The summed E-state index contributed by atoms with van der Waals surface area (Å²) in [7, 11) is -6.20. The summed E-state index contributed by atoms with van der Waals surface area (Å²) in [5, 5.41) is 4.88. The molecule has 5 aliphatic rings. The second-order valence-electron chi connectivity index (χ2n) is 20.3. The lowest BCUT2D eigenvalue weighted by Crippen LogP contribution is -2.58. The minimum Gasteiger partial charge on any atom is -0.497 e. The van der Waals surface area contributed by atoms with Gasteiger partial charge >= 0.3 is 6.09 Å². The number of aromatic nitrogens is 1. The fraction of sp³-hybridized carbons (Fsp3) is 0.674. The molecular weight excluding hydrogens is 901 g/mol. The Morgan fingerprint density at radius 3 is 2.42 bits per heavy atom. The van der Waals surface area contributed by atoms with E-state index in [0.29, 0.717) is 49.8 Å². The molecule has 5 atom stereocenters. The number of ether oxygens (including phenoxy) is 3. The van der Waals surface area contributed by atoms with Crippen LogP contribution in [0.15, 0.2) is 30.4 Å². The number of methoxy groups -OCH3 is 1. The highest BCUT2D eigenvalue weighted by Crippen LogP contribution is 2.56. The number of nitrogens with zero attached hydrogens (tertiary/aromatic N) is 2. The number of fused-ring (bicyclic) bond motifs is 5. The number of hydrogen-bond donors (Lipinski definition) is 3. The molecule has 2 saturated carbocycles. The molecule has 3 N–H and O–H groups in total. The number of halogens is 2. The van der Waals surface area contributed by atoms with Crippen LogP contribution < -0.4 is 24.8 Å². The van der Waals surface area contributed by atoms with Crippen molar-refractivity contribution in [2.75, 3.05) is 19.4 Å². The second kappa shape index (κ2) is 17.5. The Bertz CT molecular complexity index is 2550. The maximum absolute atomic E-state index is 17.2. The average molecular weight is 964 g/mol. The number of hydrogen-bond acceptors (Lipinski definition) is 12. The minimum absolute atomic E-state index is 0.0386. The highest BCUT2D eigenvalue weighted by Gasteiger charge is 2.65. The van der Waals surface area contributed by atoms with Crippen molar-refractivity contribution in [3.63, 3.8) is 0 Å². The predicted octanol–water partition coefficient (Wildman–Crippen LogP) is 6.06. The number of allylic oxidation sites excluding steroid dienone is 1. The smallest absolute Gasteiger partial charge is 0.408 e. The van der Waals surface area contributed by atoms with Crippen molar-refractivity contribution < 1.29 is 59.0 Å². The van der Waals surface area contributed by atoms with Gasteiger partial charge in [0.25, 0.3) is 11.8 Å². The van der Waals surface area contributed by atoms with Gasteiger partial charge in [0.2, 0.25) is 21.8 Å². The summed E-state index contributed by atoms with van der Waals surface area (Å²) in [6.45, 7) is 10.8. The first-order chi connectivity index (χ1) is 30.7. The molecule has 1 spiro atoms. The maximum atomic E-state index is 17.2. The van der Waals surface area contributed by atoms with Crippen LogP contribution in [0.2, 0.25) is 0 Å². The largest absolute Gasteiger partial charge is 0.497 e. The highest BCUT2D eigenvalue weighted by atomic mass is 32.2.